The molecule has 0 saturated carbocycles. The molecule has 2 nitrogen and oxygen atoms in total. The molecular weight excluding hydrogens is 196 g/mol. The lowest BCUT2D eigenvalue weighted by molar-refractivity contribution is 0.887. The second-order valence-electron chi connectivity index (χ2n) is 3.62. The van der Waals surface area contributed by atoms with E-state index in [1.54, 1.807) is 0 Å². The zero-order valence-corrected chi connectivity index (χ0v) is 11.0. The van der Waals surface area contributed by atoms with Crippen LogP contribution in [-0.2, 0) is 0 Å². The lowest BCUT2D eigenvalue weighted by atomic mass is 10.1. The number of likely N-dealkylation sites (N-methyl/N-ethyl adjacent to an activating group) is 1. The van der Waals surface area contributed by atoms with Crippen LogP contribution >= 0.6 is 0 Å². The Kier molecular flexibility index (Phi) is 9.63. The molecule has 0 aliphatic carbocycles. The third-order valence-corrected chi connectivity index (χ3v) is 2.14. The molecule has 0 aromatic carbocycles. The summed E-state index contributed by atoms with van der Waals surface area (Å²) in [5.41, 5.74) is 2.59. The van der Waals surface area contributed by atoms with Crippen molar-refractivity contribution in [2.45, 2.75) is 33.6 Å². The minimum atomic E-state index is 0.904. The fourth-order valence-electron chi connectivity index (χ4n) is 1.37. The van der Waals surface area contributed by atoms with Gasteiger partial charge in [0, 0.05) is 19.0 Å². The molecule has 0 saturated heterocycles. The quantitative estimate of drug-likeness (QED) is 0.515. The molecule has 0 aliphatic heterocycles. The third-order valence-electron chi connectivity index (χ3n) is 2.14. The highest BCUT2D eigenvalue weighted by Crippen LogP contribution is 2.07. The zero-order chi connectivity index (χ0) is 12.2. The molecule has 0 bridgehead atoms. The largest absolute Gasteiger partial charge is 0.316 e. The van der Waals surface area contributed by atoms with E-state index in [-0.39, 0.29) is 0 Å². The van der Waals surface area contributed by atoms with E-state index < -0.39 is 0 Å². The summed E-state index contributed by atoms with van der Waals surface area (Å²) in [5, 5.41) is 3.16. The number of allylic oxidation sites excluding steroid dienone is 3. The van der Waals surface area contributed by atoms with Gasteiger partial charge in [0.05, 0.1) is 0 Å². The summed E-state index contributed by atoms with van der Waals surface area (Å²) in [4.78, 5) is 4.23. The van der Waals surface area contributed by atoms with Gasteiger partial charge in [-0.25, -0.2) is 0 Å². The molecule has 0 rings (SSSR count). The molecule has 0 radical (unpaired) electrons. The Balaban J connectivity index is 4.66. The van der Waals surface area contributed by atoms with Gasteiger partial charge in [0.25, 0.3) is 0 Å². The van der Waals surface area contributed by atoms with E-state index in [0.717, 1.165) is 19.4 Å². The van der Waals surface area contributed by atoms with E-state index in [1.165, 1.54) is 11.1 Å². The molecule has 2 heteroatoms. The summed E-state index contributed by atoms with van der Waals surface area (Å²) in [6.45, 7) is 7.13. The van der Waals surface area contributed by atoms with Crippen LogP contribution in [-0.4, -0.2) is 19.8 Å². The molecular formula is C14H24N2. The van der Waals surface area contributed by atoms with E-state index in [2.05, 4.69) is 36.3 Å². The molecule has 0 spiro atoms. The first-order chi connectivity index (χ1) is 7.78. The van der Waals surface area contributed by atoms with Crippen molar-refractivity contribution in [3.8, 4) is 0 Å². The summed E-state index contributed by atoms with van der Waals surface area (Å²) in [6, 6.07) is 0. The maximum atomic E-state index is 4.23. The zero-order valence-electron chi connectivity index (χ0n) is 11.0. The average molecular weight is 220 g/mol. The van der Waals surface area contributed by atoms with Crippen molar-refractivity contribution in [3.05, 3.63) is 35.6 Å². The third kappa shape index (κ3) is 7.18. The van der Waals surface area contributed by atoms with Gasteiger partial charge >= 0.3 is 0 Å². The molecule has 0 heterocycles. The van der Waals surface area contributed by atoms with Gasteiger partial charge in [0.15, 0.2) is 0 Å². The molecule has 0 unspecified atom stereocenters. The number of hydrogen-bond acceptors (Lipinski definition) is 2. The highest BCUT2D eigenvalue weighted by molar-refractivity contribution is 5.79. The second kappa shape index (κ2) is 10.4. The normalized spacial score (nSPS) is 14.2. The molecule has 90 valence electrons. The number of hydrogen-bond donors (Lipinski definition) is 1. The fraction of sp³-hybridized carbons (Fsp3) is 0.500. The van der Waals surface area contributed by atoms with Crippen LogP contribution in [0.5, 0.6) is 0 Å². The predicted octanol–water partition coefficient (Wildman–Crippen LogP) is 3.48. The summed E-state index contributed by atoms with van der Waals surface area (Å²) in [6.07, 6.45) is 12.3. The molecule has 16 heavy (non-hydrogen) atoms. The Morgan fingerprint density at radius 2 is 2.00 bits per heavy atom. The summed E-state index contributed by atoms with van der Waals surface area (Å²) in [5.74, 6) is 0. The second-order valence-corrected chi connectivity index (χ2v) is 3.62. The van der Waals surface area contributed by atoms with Crippen LogP contribution < -0.4 is 5.32 Å². The van der Waals surface area contributed by atoms with Gasteiger partial charge in [-0.2, -0.15) is 0 Å². The number of nitrogens with zero attached hydrogens (tertiary/aromatic N) is 1. The van der Waals surface area contributed by atoms with Gasteiger partial charge in [-0.15, -0.1) is 0 Å². The molecule has 0 atom stereocenters. The van der Waals surface area contributed by atoms with E-state index in [4.69, 9.17) is 0 Å². The monoisotopic (exact) mass is 220 g/mol. The minimum Gasteiger partial charge on any atom is -0.316 e. The van der Waals surface area contributed by atoms with Gasteiger partial charge in [-0.3, -0.25) is 4.99 Å². The first-order valence-electron chi connectivity index (χ1n) is 5.93. The summed E-state index contributed by atoms with van der Waals surface area (Å²) < 4.78 is 0. The Hall–Kier alpha value is -1.15. The maximum Gasteiger partial charge on any atom is 0.0299 e. The van der Waals surface area contributed by atoms with E-state index in [1.807, 2.05) is 32.5 Å². The van der Waals surface area contributed by atoms with Crippen LogP contribution in [0.25, 0.3) is 0 Å². The lowest BCUT2D eigenvalue weighted by Crippen LogP contribution is -2.09. The number of rotatable bonds is 7. The van der Waals surface area contributed by atoms with Crippen molar-refractivity contribution in [2.75, 3.05) is 13.6 Å². The average Bonchev–Trinajstić information content (AvgIpc) is 2.29. The fourth-order valence-corrected chi connectivity index (χ4v) is 1.37. The Labute approximate surface area is 99.9 Å². The maximum absolute atomic E-state index is 4.23. The predicted molar refractivity (Wildman–Crippen MR) is 74.0 cm³/mol. The van der Waals surface area contributed by atoms with Crippen molar-refractivity contribution in [3.63, 3.8) is 0 Å². The van der Waals surface area contributed by atoms with Gasteiger partial charge in [0.1, 0.15) is 0 Å². The van der Waals surface area contributed by atoms with Gasteiger partial charge in [-0.1, -0.05) is 31.6 Å². The van der Waals surface area contributed by atoms with Crippen LogP contribution in [0.1, 0.15) is 33.6 Å². The summed E-state index contributed by atoms with van der Waals surface area (Å²) >= 11 is 0. The van der Waals surface area contributed by atoms with Gasteiger partial charge < -0.3 is 5.32 Å². The molecule has 0 aromatic rings. The first-order valence-corrected chi connectivity index (χ1v) is 5.93. The van der Waals surface area contributed by atoms with Crippen LogP contribution in [0.2, 0.25) is 0 Å². The van der Waals surface area contributed by atoms with Crippen molar-refractivity contribution in [1.82, 2.24) is 5.32 Å². The minimum absolute atomic E-state index is 0.904. The summed E-state index contributed by atoms with van der Waals surface area (Å²) in [7, 11) is 1.96. The van der Waals surface area contributed by atoms with Crippen molar-refractivity contribution < 1.29 is 0 Å². The Morgan fingerprint density at radius 1 is 1.25 bits per heavy atom. The van der Waals surface area contributed by atoms with Crippen LogP contribution in [0.4, 0.5) is 0 Å². The van der Waals surface area contributed by atoms with E-state index in [9.17, 15) is 0 Å². The van der Waals surface area contributed by atoms with Crippen LogP contribution in [0.3, 0.4) is 0 Å². The standard InChI is InChI=1S/C14H24N2/c1-5-8-14(12-16-9-6-2)10-13(7-3)11-15-4/h6-7,9-10,12,15H,5,8,11H2,1-4H3/b9-6-,13-7+,14-10+,16-12+. The van der Waals surface area contributed by atoms with E-state index >= 15 is 0 Å². The Bertz CT molecular complexity index is 283. The van der Waals surface area contributed by atoms with Crippen molar-refractivity contribution in [1.29, 1.82) is 0 Å². The molecule has 1 N–H and O–H groups in total. The van der Waals surface area contributed by atoms with Gasteiger partial charge in [-0.05, 0) is 38.5 Å². The highest BCUT2D eigenvalue weighted by Gasteiger charge is 1.95. The molecule has 0 aliphatic rings. The molecule has 0 amide bonds. The van der Waals surface area contributed by atoms with Crippen molar-refractivity contribution in [2.24, 2.45) is 4.99 Å². The highest BCUT2D eigenvalue weighted by atomic mass is 14.8. The number of nitrogens with one attached hydrogen (secondary N) is 1. The first kappa shape index (κ1) is 14.8. The molecule has 0 fully saturated rings. The van der Waals surface area contributed by atoms with Gasteiger partial charge in [0.2, 0.25) is 0 Å². The van der Waals surface area contributed by atoms with Crippen molar-refractivity contribution >= 4 is 6.21 Å². The topological polar surface area (TPSA) is 24.4 Å². The number of aliphatic imine (C=N–C) groups is 1. The Morgan fingerprint density at radius 3 is 2.50 bits per heavy atom. The van der Waals surface area contributed by atoms with E-state index in [0.29, 0.717) is 0 Å². The SMILES string of the molecule is C\C=C/N=C/C(=C/C(=C\C)CNC)CCC. The van der Waals surface area contributed by atoms with Crippen LogP contribution in [0, 0.1) is 0 Å². The molecule has 0 aromatic heterocycles. The lowest BCUT2D eigenvalue weighted by Gasteiger charge is -2.03. The van der Waals surface area contributed by atoms with Crippen LogP contribution in [0.15, 0.2) is 40.6 Å². The smallest absolute Gasteiger partial charge is 0.0299 e.